The molecule has 2 aliphatic heterocycles. The number of hydrogen-bond donors (Lipinski definition) is 1. The molecule has 2 aliphatic rings. The van der Waals surface area contributed by atoms with Crippen molar-refractivity contribution in [1.29, 1.82) is 0 Å². The lowest BCUT2D eigenvalue weighted by atomic mass is 9.96. The molecule has 2 atom stereocenters. The minimum atomic E-state index is -0.192. The molecular weight excluding hydrogens is 355 g/mol. The van der Waals surface area contributed by atoms with Crippen molar-refractivity contribution in [3.05, 3.63) is 65.5 Å². The minimum Gasteiger partial charge on any atom is -0.494 e. The van der Waals surface area contributed by atoms with Gasteiger partial charge in [-0.25, -0.2) is 4.39 Å². The van der Waals surface area contributed by atoms with Gasteiger partial charge < -0.3 is 10.1 Å². The maximum absolute atomic E-state index is 13.1. The largest absolute Gasteiger partial charge is 0.494 e. The molecular formula is C23H27FN2O2. The molecule has 0 radical (unpaired) electrons. The fourth-order valence-electron chi connectivity index (χ4n) is 4.59. The summed E-state index contributed by atoms with van der Waals surface area (Å²) in [6.45, 7) is 3.41. The highest BCUT2D eigenvalue weighted by molar-refractivity contribution is 5.94. The van der Waals surface area contributed by atoms with Gasteiger partial charge in [0, 0.05) is 30.2 Å². The molecule has 4 rings (SSSR count). The number of benzene rings is 2. The highest BCUT2D eigenvalue weighted by Crippen LogP contribution is 2.37. The molecule has 5 heteroatoms. The summed E-state index contributed by atoms with van der Waals surface area (Å²) in [6.07, 6.45) is 4.28. The Hall–Kier alpha value is -2.40. The molecule has 1 amide bonds. The molecule has 2 unspecified atom stereocenters. The molecule has 0 aliphatic carbocycles. The second-order valence-corrected chi connectivity index (χ2v) is 7.78. The van der Waals surface area contributed by atoms with Gasteiger partial charge in [0.15, 0.2) is 0 Å². The van der Waals surface area contributed by atoms with Crippen molar-refractivity contribution in [3.8, 4) is 5.75 Å². The molecule has 148 valence electrons. The number of carbonyl (C=O) groups is 1. The Kier molecular flexibility index (Phi) is 5.62. The van der Waals surface area contributed by atoms with Crippen molar-refractivity contribution < 1.29 is 13.9 Å². The van der Waals surface area contributed by atoms with E-state index in [1.807, 2.05) is 43.3 Å². The normalized spacial score (nSPS) is 24.1. The van der Waals surface area contributed by atoms with Gasteiger partial charge >= 0.3 is 0 Å². The molecule has 4 nitrogen and oxygen atoms in total. The number of piperidine rings is 1. The van der Waals surface area contributed by atoms with E-state index in [1.165, 1.54) is 25.0 Å². The zero-order valence-electron chi connectivity index (χ0n) is 16.2. The van der Waals surface area contributed by atoms with Crippen LogP contribution in [0.3, 0.4) is 0 Å². The third-order valence-electron chi connectivity index (χ3n) is 5.93. The first kappa shape index (κ1) is 18.9. The lowest BCUT2D eigenvalue weighted by molar-refractivity contribution is 0.0828. The van der Waals surface area contributed by atoms with E-state index in [2.05, 4.69) is 10.2 Å². The third-order valence-corrected chi connectivity index (χ3v) is 5.93. The topological polar surface area (TPSA) is 41.6 Å². The highest BCUT2D eigenvalue weighted by atomic mass is 19.1. The zero-order valence-corrected chi connectivity index (χ0v) is 16.2. The highest BCUT2D eigenvalue weighted by Gasteiger charge is 2.40. The van der Waals surface area contributed by atoms with Crippen LogP contribution in [0.2, 0.25) is 0 Å². The molecule has 0 aromatic heterocycles. The number of ether oxygens (including phenoxy) is 1. The average Bonchev–Trinajstić information content (AvgIpc) is 2.93. The maximum atomic E-state index is 13.1. The van der Waals surface area contributed by atoms with Gasteiger partial charge in [-0.2, -0.15) is 0 Å². The number of rotatable bonds is 6. The summed E-state index contributed by atoms with van der Waals surface area (Å²) in [4.78, 5) is 15.2. The lowest BCUT2D eigenvalue weighted by Crippen LogP contribution is -2.49. The second-order valence-electron chi connectivity index (χ2n) is 7.78. The van der Waals surface area contributed by atoms with Gasteiger partial charge in [-0.05, 0) is 74.6 Å². The summed E-state index contributed by atoms with van der Waals surface area (Å²) in [6, 6.07) is 15.3. The Bertz CT molecular complexity index is 792. The van der Waals surface area contributed by atoms with Gasteiger partial charge in [0.1, 0.15) is 11.6 Å². The van der Waals surface area contributed by atoms with Crippen LogP contribution >= 0.6 is 0 Å². The van der Waals surface area contributed by atoms with E-state index < -0.39 is 0 Å². The number of halogens is 1. The van der Waals surface area contributed by atoms with Gasteiger partial charge in [0.05, 0.1) is 6.61 Å². The van der Waals surface area contributed by atoms with Crippen molar-refractivity contribution >= 4 is 5.91 Å². The Labute approximate surface area is 165 Å². The van der Waals surface area contributed by atoms with E-state index in [4.69, 9.17) is 4.74 Å². The molecule has 2 heterocycles. The van der Waals surface area contributed by atoms with Crippen molar-refractivity contribution in [2.24, 2.45) is 0 Å². The van der Waals surface area contributed by atoms with Crippen molar-refractivity contribution in [1.82, 2.24) is 10.2 Å². The number of amides is 1. The molecule has 28 heavy (non-hydrogen) atoms. The molecule has 2 saturated heterocycles. The van der Waals surface area contributed by atoms with Crippen LogP contribution in [0.15, 0.2) is 48.5 Å². The van der Waals surface area contributed by atoms with Crippen LogP contribution in [-0.2, 0) is 6.54 Å². The molecule has 1 N–H and O–H groups in total. The summed E-state index contributed by atoms with van der Waals surface area (Å²) >= 11 is 0. The molecule has 2 fully saturated rings. The van der Waals surface area contributed by atoms with Crippen LogP contribution in [0.25, 0.3) is 0 Å². The standard InChI is InChI=1S/C23H27FN2O2/c1-2-28-22-11-5-17(6-12-22)23(27)25-19-13-20-9-10-21(14-19)26(20)15-16-3-7-18(24)8-4-16/h3-8,11-12,19-21H,2,9-10,13-15H2,1H3,(H,25,27). The maximum Gasteiger partial charge on any atom is 0.251 e. The van der Waals surface area contributed by atoms with E-state index in [0.29, 0.717) is 24.3 Å². The van der Waals surface area contributed by atoms with Crippen LogP contribution in [0.1, 0.15) is 48.5 Å². The van der Waals surface area contributed by atoms with Crippen LogP contribution in [0, 0.1) is 5.82 Å². The summed E-state index contributed by atoms with van der Waals surface area (Å²) < 4.78 is 18.6. The molecule has 0 spiro atoms. The molecule has 2 aromatic carbocycles. The molecule has 2 aromatic rings. The van der Waals surface area contributed by atoms with Crippen LogP contribution in [0.5, 0.6) is 5.75 Å². The van der Waals surface area contributed by atoms with Crippen molar-refractivity contribution in [2.75, 3.05) is 6.61 Å². The van der Waals surface area contributed by atoms with Gasteiger partial charge in [-0.1, -0.05) is 12.1 Å². The van der Waals surface area contributed by atoms with E-state index in [-0.39, 0.29) is 17.8 Å². The Morgan fingerprint density at radius 1 is 1.07 bits per heavy atom. The van der Waals surface area contributed by atoms with E-state index in [1.54, 1.807) is 0 Å². The monoisotopic (exact) mass is 382 g/mol. The van der Waals surface area contributed by atoms with E-state index in [0.717, 1.165) is 30.7 Å². The smallest absolute Gasteiger partial charge is 0.251 e. The first-order valence-corrected chi connectivity index (χ1v) is 10.2. The predicted octanol–water partition coefficient (Wildman–Crippen LogP) is 4.15. The first-order valence-electron chi connectivity index (χ1n) is 10.2. The second kappa shape index (κ2) is 8.31. The summed E-state index contributed by atoms with van der Waals surface area (Å²) in [5, 5.41) is 3.22. The first-order chi connectivity index (χ1) is 13.6. The fraction of sp³-hybridized carbons (Fsp3) is 0.435. The van der Waals surface area contributed by atoms with E-state index >= 15 is 0 Å². The Morgan fingerprint density at radius 3 is 2.32 bits per heavy atom. The third kappa shape index (κ3) is 4.20. The molecule has 2 bridgehead atoms. The quantitative estimate of drug-likeness (QED) is 0.816. The zero-order chi connectivity index (χ0) is 19.5. The van der Waals surface area contributed by atoms with E-state index in [9.17, 15) is 9.18 Å². The Balaban J connectivity index is 1.34. The van der Waals surface area contributed by atoms with Gasteiger partial charge in [0.25, 0.3) is 5.91 Å². The van der Waals surface area contributed by atoms with Crippen molar-refractivity contribution in [2.45, 2.75) is 57.3 Å². The number of fused-ring (bicyclic) bond motifs is 2. The average molecular weight is 382 g/mol. The number of carbonyl (C=O) groups excluding carboxylic acids is 1. The number of nitrogens with one attached hydrogen (secondary N) is 1. The van der Waals surface area contributed by atoms with Crippen molar-refractivity contribution in [3.63, 3.8) is 0 Å². The van der Waals surface area contributed by atoms with Gasteiger partial charge in [-0.15, -0.1) is 0 Å². The lowest BCUT2D eigenvalue weighted by Gasteiger charge is -2.39. The molecule has 0 saturated carbocycles. The van der Waals surface area contributed by atoms with Crippen LogP contribution in [0.4, 0.5) is 4.39 Å². The predicted molar refractivity (Wildman–Crippen MR) is 107 cm³/mol. The number of nitrogens with zero attached hydrogens (tertiary/aromatic N) is 1. The van der Waals surface area contributed by atoms with Crippen LogP contribution in [-0.4, -0.2) is 35.5 Å². The minimum absolute atomic E-state index is 0.0144. The Morgan fingerprint density at radius 2 is 1.71 bits per heavy atom. The summed E-state index contributed by atoms with van der Waals surface area (Å²) in [5.41, 5.74) is 1.82. The van der Waals surface area contributed by atoms with Gasteiger partial charge in [0.2, 0.25) is 0 Å². The summed E-state index contributed by atoms with van der Waals surface area (Å²) in [5.74, 6) is 0.577. The van der Waals surface area contributed by atoms with Gasteiger partial charge in [-0.3, -0.25) is 9.69 Å². The number of hydrogen-bond acceptors (Lipinski definition) is 3. The summed E-state index contributed by atoms with van der Waals surface area (Å²) in [7, 11) is 0. The SMILES string of the molecule is CCOc1ccc(C(=O)NC2CC3CCC(C2)N3Cc2ccc(F)cc2)cc1. The fourth-order valence-corrected chi connectivity index (χ4v) is 4.59. The van der Waals surface area contributed by atoms with Crippen LogP contribution < -0.4 is 10.1 Å².